The maximum absolute atomic E-state index is 12.4. The first-order chi connectivity index (χ1) is 10.9. The molecule has 0 bridgehead atoms. The van der Waals surface area contributed by atoms with Crippen molar-refractivity contribution in [2.45, 2.75) is 52.0 Å². The molecule has 0 aliphatic rings. The van der Waals surface area contributed by atoms with Crippen LogP contribution >= 0.6 is 7.60 Å². The highest BCUT2D eigenvalue weighted by Gasteiger charge is 2.40. The lowest BCUT2D eigenvalue weighted by Gasteiger charge is -2.37. The molecule has 0 aromatic heterocycles. The molecule has 0 saturated carbocycles. The Morgan fingerprint density at radius 1 is 1.08 bits per heavy atom. The number of rotatable bonds is 7. The van der Waals surface area contributed by atoms with E-state index in [1.807, 2.05) is 19.1 Å². The van der Waals surface area contributed by atoms with Crippen LogP contribution < -0.4 is 9.16 Å². The first kappa shape index (κ1) is 21.2. The Kier molecular flexibility index (Phi) is 6.73. The Morgan fingerprint density at radius 2 is 1.62 bits per heavy atom. The van der Waals surface area contributed by atoms with Gasteiger partial charge in [0, 0.05) is 14.2 Å². The summed E-state index contributed by atoms with van der Waals surface area (Å²) in [5, 5.41) is 0.0882. The molecular formula is C17H31O5PSi. The van der Waals surface area contributed by atoms with E-state index in [9.17, 15) is 4.57 Å². The zero-order valence-corrected chi connectivity index (χ0v) is 18.2. The normalized spacial score (nSPS) is 13.0. The first-order valence-electron chi connectivity index (χ1n) is 7.96. The fourth-order valence-corrected chi connectivity index (χ4v) is 4.14. The van der Waals surface area contributed by atoms with Crippen molar-refractivity contribution in [3.8, 4) is 11.5 Å². The van der Waals surface area contributed by atoms with Crippen LogP contribution in [-0.4, -0.2) is 29.6 Å². The Labute approximate surface area is 147 Å². The van der Waals surface area contributed by atoms with Gasteiger partial charge < -0.3 is 18.2 Å². The van der Waals surface area contributed by atoms with Crippen LogP contribution in [0.25, 0.3) is 0 Å². The topological polar surface area (TPSA) is 54.0 Å². The van der Waals surface area contributed by atoms with Crippen LogP contribution in [0.4, 0.5) is 0 Å². The number of methoxy groups -OCH3 is 1. The third-order valence-corrected chi connectivity index (χ3v) is 10.8. The summed E-state index contributed by atoms with van der Waals surface area (Å²) in [6.07, 6.45) is 0.192. The predicted molar refractivity (Wildman–Crippen MR) is 101 cm³/mol. The van der Waals surface area contributed by atoms with Gasteiger partial charge in [-0.2, -0.15) is 0 Å². The summed E-state index contributed by atoms with van der Waals surface area (Å²) in [5.74, 6) is 1.41. The molecule has 0 saturated heterocycles. The van der Waals surface area contributed by atoms with E-state index in [0.29, 0.717) is 5.75 Å². The molecule has 0 unspecified atom stereocenters. The standard InChI is InChI=1S/C17H31O5PSi/c1-13-10-14(12-23(18,20-6)21-7)11-15(19-5)16(13)22-24(8,9)17(2,3)4/h10-11H,12H2,1-9H3. The molecule has 1 aromatic carbocycles. The summed E-state index contributed by atoms with van der Waals surface area (Å²) in [7, 11) is -0.712. The molecule has 0 heterocycles. The molecule has 0 radical (unpaired) electrons. The minimum Gasteiger partial charge on any atom is -0.541 e. The number of aryl methyl sites for hydroxylation is 1. The molecule has 5 nitrogen and oxygen atoms in total. The number of hydrogen-bond donors (Lipinski definition) is 0. The molecule has 0 atom stereocenters. The van der Waals surface area contributed by atoms with Crippen LogP contribution in [0.5, 0.6) is 11.5 Å². The Hall–Kier alpha value is -0.813. The average molecular weight is 374 g/mol. The highest BCUT2D eigenvalue weighted by Crippen LogP contribution is 2.51. The summed E-state index contributed by atoms with van der Waals surface area (Å²) in [6, 6.07) is 3.80. The van der Waals surface area contributed by atoms with Gasteiger partial charge in [0.15, 0.2) is 5.75 Å². The number of hydrogen-bond acceptors (Lipinski definition) is 5. The lowest BCUT2D eigenvalue weighted by Crippen LogP contribution is -2.44. The van der Waals surface area contributed by atoms with Gasteiger partial charge in [0.05, 0.1) is 13.3 Å². The van der Waals surface area contributed by atoms with Crippen LogP contribution in [0.15, 0.2) is 12.1 Å². The smallest absolute Gasteiger partial charge is 0.334 e. The minimum absolute atomic E-state index is 0.0882. The van der Waals surface area contributed by atoms with Gasteiger partial charge in [-0.1, -0.05) is 26.8 Å². The van der Waals surface area contributed by atoms with Crippen LogP contribution in [0.1, 0.15) is 31.9 Å². The van der Waals surface area contributed by atoms with Crippen molar-refractivity contribution in [3.05, 3.63) is 23.3 Å². The summed E-state index contributed by atoms with van der Waals surface area (Å²) in [5.41, 5.74) is 1.78. The summed E-state index contributed by atoms with van der Waals surface area (Å²) in [6.45, 7) is 13.0. The molecule has 0 N–H and O–H groups in total. The highest BCUT2D eigenvalue weighted by atomic mass is 31.2. The zero-order valence-electron chi connectivity index (χ0n) is 16.4. The summed E-state index contributed by atoms with van der Waals surface area (Å²) >= 11 is 0. The molecule has 138 valence electrons. The molecule has 0 aliphatic heterocycles. The Bertz CT molecular complexity index is 614. The fraction of sp³-hybridized carbons (Fsp3) is 0.647. The predicted octanol–water partition coefficient (Wildman–Crippen LogP) is 5.37. The third kappa shape index (κ3) is 4.85. The van der Waals surface area contributed by atoms with Crippen LogP contribution in [-0.2, 0) is 19.8 Å². The van der Waals surface area contributed by atoms with Crippen molar-refractivity contribution in [3.63, 3.8) is 0 Å². The van der Waals surface area contributed by atoms with Crippen molar-refractivity contribution in [1.82, 2.24) is 0 Å². The van der Waals surface area contributed by atoms with Gasteiger partial charge in [0.2, 0.25) is 0 Å². The van der Waals surface area contributed by atoms with Crippen molar-refractivity contribution < 1.29 is 22.8 Å². The number of benzene rings is 1. The molecule has 0 aliphatic carbocycles. The second-order valence-corrected chi connectivity index (χ2v) is 14.4. The fourth-order valence-electron chi connectivity index (χ4n) is 2.02. The van der Waals surface area contributed by atoms with E-state index >= 15 is 0 Å². The van der Waals surface area contributed by atoms with Gasteiger partial charge in [0.25, 0.3) is 8.32 Å². The Morgan fingerprint density at radius 3 is 2.04 bits per heavy atom. The van der Waals surface area contributed by atoms with Gasteiger partial charge in [-0.15, -0.1) is 0 Å². The second-order valence-electron chi connectivity index (χ2n) is 7.44. The van der Waals surface area contributed by atoms with E-state index in [0.717, 1.165) is 16.9 Å². The molecule has 1 rings (SSSR count). The minimum atomic E-state index is -3.12. The van der Waals surface area contributed by atoms with Gasteiger partial charge >= 0.3 is 7.60 Å². The van der Waals surface area contributed by atoms with E-state index in [2.05, 4.69) is 33.9 Å². The monoisotopic (exact) mass is 374 g/mol. The molecule has 1 aromatic rings. The lowest BCUT2D eigenvalue weighted by atomic mass is 10.1. The first-order valence-corrected chi connectivity index (χ1v) is 12.6. The quantitative estimate of drug-likeness (QED) is 0.474. The van der Waals surface area contributed by atoms with Crippen molar-refractivity contribution >= 4 is 15.9 Å². The SMILES string of the molecule is COc1cc(CP(=O)(OC)OC)cc(C)c1O[Si](C)(C)C(C)(C)C. The van der Waals surface area contributed by atoms with Crippen molar-refractivity contribution in [1.29, 1.82) is 0 Å². The van der Waals surface area contributed by atoms with Gasteiger partial charge in [-0.05, 0) is 42.2 Å². The van der Waals surface area contributed by atoms with E-state index in [1.165, 1.54) is 14.2 Å². The van der Waals surface area contributed by atoms with Crippen LogP contribution in [0, 0.1) is 6.92 Å². The van der Waals surface area contributed by atoms with E-state index < -0.39 is 15.9 Å². The maximum atomic E-state index is 12.4. The average Bonchev–Trinajstić information content (AvgIpc) is 2.48. The second kappa shape index (κ2) is 7.61. The molecule has 0 amide bonds. The zero-order chi connectivity index (χ0) is 18.8. The third-order valence-electron chi connectivity index (χ3n) is 4.62. The van der Waals surface area contributed by atoms with Crippen LogP contribution in [0.3, 0.4) is 0 Å². The number of ether oxygens (including phenoxy) is 1. The molecule has 7 heteroatoms. The summed E-state index contributed by atoms with van der Waals surface area (Å²) < 4.78 is 34.4. The maximum Gasteiger partial charge on any atom is 0.334 e. The molecule has 0 spiro atoms. The Balaban J connectivity index is 3.25. The highest BCUT2D eigenvalue weighted by molar-refractivity contribution is 7.52. The van der Waals surface area contributed by atoms with Crippen molar-refractivity contribution in [2.24, 2.45) is 0 Å². The van der Waals surface area contributed by atoms with Gasteiger partial charge in [0.1, 0.15) is 5.75 Å². The van der Waals surface area contributed by atoms with Crippen molar-refractivity contribution in [2.75, 3.05) is 21.3 Å². The lowest BCUT2D eigenvalue weighted by molar-refractivity contribution is 0.274. The molecule has 0 fully saturated rings. The largest absolute Gasteiger partial charge is 0.541 e. The van der Waals surface area contributed by atoms with E-state index in [4.69, 9.17) is 18.2 Å². The van der Waals surface area contributed by atoms with E-state index in [-0.39, 0.29) is 11.2 Å². The summed E-state index contributed by atoms with van der Waals surface area (Å²) in [4.78, 5) is 0. The van der Waals surface area contributed by atoms with Crippen LogP contribution in [0.2, 0.25) is 18.1 Å². The molecular weight excluding hydrogens is 343 g/mol. The van der Waals surface area contributed by atoms with Gasteiger partial charge in [-0.3, -0.25) is 4.57 Å². The molecule has 24 heavy (non-hydrogen) atoms. The van der Waals surface area contributed by atoms with E-state index in [1.54, 1.807) is 7.11 Å². The van der Waals surface area contributed by atoms with Gasteiger partial charge in [-0.25, -0.2) is 0 Å².